The van der Waals surface area contributed by atoms with Crippen molar-refractivity contribution >= 4 is 29.9 Å². The summed E-state index contributed by atoms with van der Waals surface area (Å²) >= 11 is 0. The summed E-state index contributed by atoms with van der Waals surface area (Å²) < 4.78 is 16.7. The number of morpholine rings is 1. The van der Waals surface area contributed by atoms with Crippen molar-refractivity contribution in [1.29, 1.82) is 0 Å². The highest BCUT2D eigenvalue weighted by atomic mass is 127. The number of guanidine groups is 1. The van der Waals surface area contributed by atoms with Crippen molar-refractivity contribution in [2.45, 2.75) is 38.8 Å². The molecule has 3 rings (SSSR count). The monoisotopic (exact) mass is 557 g/mol. The molecule has 1 aromatic carbocycles. The minimum atomic E-state index is -0.0606. The van der Waals surface area contributed by atoms with Gasteiger partial charge in [0.1, 0.15) is 11.5 Å². The summed E-state index contributed by atoms with van der Waals surface area (Å²) in [5, 5.41) is 6.75. The molecule has 2 heterocycles. The average molecular weight is 557 g/mol. The Hall–Kier alpha value is -1.85. The second-order valence-electron chi connectivity index (χ2n) is 8.61. The number of nitrogens with zero attached hydrogens (tertiary/aromatic N) is 3. The lowest BCUT2D eigenvalue weighted by Gasteiger charge is -2.35. The summed E-state index contributed by atoms with van der Waals surface area (Å²) in [6, 6.07) is 8.45. The lowest BCUT2D eigenvalue weighted by molar-refractivity contribution is 0.0170. The number of halogens is 1. The van der Waals surface area contributed by atoms with Crippen LogP contribution in [0, 0.1) is 0 Å². The van der Waals surface area contributed by atoms with E-state index >= 15 is 0 Å². The zero-order valence-corrected chi connectivity index (χ0v) is 22.0. The Kier molecular flexibility index (Phi) is 10.2. The molecule has 1 aromatic heterocycles. The molecule has 32 heavy (non-hydrogen) atoms. The first-order valence-corrected chi connectivity index (χ1v) is 10.8. The first-order chi connectivity index (χ1) is 14.9. The Labute approximate surface area is 208 Å². The van der Waals surface area contributed by atoms with Gasteiger partial charge in [0, 0.05) is 32.1 Å². The third-order valence-electron chi connectivity index (χ3n) is 5.37. The summed E-state index contributed by atoms with van der Waals surface area (Å²) in [5.74, 6) is 3.09. The highest BCUT2D eigenvalue weighted by Gasteiger charge is 2.23. The van der Waals surface area contributed by atoms with E-state index in [1.807, 2.05) is 12.1 Å². The van der Waals surface area contributed by atoms with Crippen LogP contribution in [0.5, 0.6) is 5.75 Å². The van der Waals surface area contributed by atoms with Crippen LogP contribution < -0.4 is 15.4 Å². The van der Waals surface area contributed by atoms with Gasteiger partial charge in [-0.25, -0.2) is 4.98 Å². The molecule has 1 aliphatic rings. The van der Waals surface area contributed by atoms with E-state index in [1.165, 1.54) is 5.56 Å². The van der Waals surface area contributed by atoms with E-state index in [0.29, 0.717) is 24.9 Å². The van der Waals surface area contributed by atoms with Gasteiger partial charge in [0.05, 0.1) is 39.1 Å². The molecule has 0 radical (unpaired) electrons. The molecule has 1 atom stereocenters. The highest BCUT2D eigenvalue weighted by Crippen LogP contribution is 2.24. The van der Waals surface area contributed by atoms with Gasteiger partial charge >= 0.3 is 0 Å². The number of methoxy groups -OCH3 is 1. The van der Waals surface area contributed by atoms with Crippen LogP contribution in [0.2, 0.25) is 0 Å². The van der Waals surface area contributed by atoms with E-state index in [0.717, 1.165) is 37.8 Å². The summed E-state index contributed by atoms with van der Waals surface area (Å²) in [6.07, 6.45) is 1.80. The van der Waals surface area contributed by atoms with Crippen molar-refractivity contribution in [1.82, 2.24) is 20.5 Å². The fourth-order valence-corrected chi connectivity index (χ4v) is 3.48. The summed E-state index contributed by atoms with van der Waals surface area (Å²) in [7, 11) is 3.45. The van der Waals surface area contributed by atoms with Crippen LogP contribution in [0.15, 0.2) is 39.9 Å². The normalized spacial score (nSPS) is 16.2. The van der Waals surface area contributed by atoms with Gasteiger partial charge in [-0.15, -0.1) is 24.0 Å². The third kappa shape index (κ3) is 7.35. The summed E-state index contributed by atoms with van der Waals surface area (Å²) in [4.78, 5) is 11.2. The van der Waals surface area contributed by atoms with Gasteiger partial charge in [0.15, 0.2) is 5.96 Å². The smallest absolute Gasteiger partial charge is 0.213 e. The Balaban J connectivity index is 0.00000363. The Morgan fingerprint density at radius 1 is 1.19 bits per heavy atom. The van der Waals surface area contributed by atoms with Crippen molar-refractivity contribution in [2.75, 3.05) is 47.0 Å². The van der Waals surface area contributed by atoms with Crippen LogP contribution in [0.4, 0.5) is 0 Å². The molecule has 0 amide bonds. The predicted octanol–water partition coefficient (Wildman–Crippen LogP) is 3.34. The quantitative estimate of drug-likeness (QED) is 0.307. The second kappa shape index (κ2) is 12.4. The molecule has 1 fully saturated rings. The first kappa shape index (κ1) is 26.4. The number of nitrogens with one attached hydrogen (secondary N) is 2. The topological polar surface area (TPSA) is 84.2 Å². The summed E-state index contributed by atoms with van der Waals surface area (Å²) in [5.41, 5.74) is 1.17. The first-order valence-electron chi connectivity index (χ1n) is 10.8. The molecule has 9 heteroatoms. The van der Waals surface area contributed by atoms with E-state index in [1.54, 1.807) is 20.4 Å². The molecule has 1 unspecified atom stereocenters. The number of oxazole rings is 1. The molecule has 1 aliphatic heterocycles. The molecular formula is C23H36IN5O3. The van der Waals surface area contributed by atoms with Crippen molar-refractivity contribution in [3.63, 3.8) is 0 Å². The number of aromatic nitrogens is 1. The predicted molar refractivity (Wildman–Crippen MR) is 137 cm³/mol. The molecule has 0 saturated carbocycles. The number of rotatable bonds is 7. The Bertz CT molecular complexity index is 842. The van der Waals surface area contributed by atoms with Gasteiger partial charge in [-0.1, -0.05) is 32.9 Å². The maximum Gasteiger partial charge on any atom is 0.213 e. The van der Waals surface area contributed by atoms with E-state index in [-0.39, 0.29) is 35.4 Å². The maximum absolute atomic E-state index is 5.86. The standard InChI is InChI=1S/C23H35N5O3.HI/c1-23(2,3)20-15-25-21(31-20)16-27-22(24-4)26-14-19(28-10-12-30-13-11-28)17-6-8-18(29-5)9-7-17;/h6-9,15,19H,10-14,16H2,1-5H3,(H2,24,26,27);1H. The lowest BCUT2D eigenvalue weighted by atomic mass is 9.94. The van der Waals surface area contributed by atoms with Crippen LogP contribution in [0.3, 0.4) is 0 Å². The van der Waals surface area contributed by atoms with Crippen molar-refractivity contribution in [2.24, 2.45) is 4.99 Å². The third-order valence-corrected chi connectivity index (χ3v) is 5.37. The average Bonchev–Trinajstić information content (AvgIpc) is 3.27. The van der Waals surface area contributed by atoms with E-state index in [2.05, 4.69) is 58.4 Å². The number of ether oxygens (including phenoxy) is 2. The van der Waals surface area contributed by atoms with Crippen LogP contribution in [-0.4, -0.2) is 62.8 Å². The molecule has 178 valence electrons. The van der Waals surface area contributed by atoms with Gasteiger partial charge in [-0.3, -0.25) is 9.89 Å². The number of hydrogen-bond donors (Lipinski definition) is 2. The van der Waals surface area contributed by atoms with E-state index < -0.39 is 0 Å². The van der Waals surface area contributed by atoms with Crippen LogP contribution >= 0.6 is 24.0 Å². The molecule has 0 bridgehead atoms. The molecule has 0 aliphatic carbocycles. The lowest BCUT2D eigenvalue weighted by Crippen LogP contribution is -2.46. The molecule has 8 nitrogen and oxygen atoms in total. The minimum Gasteiger partial charge on any atom is -0.497 e. The largest absolute Gasteiger partial charge is 0.497 e. The van der Waals surface area contributed by atoms with E-state index in [4.69, 9.17) is 13.9 Å². The second-order valence-corrected chi connectivity index (χ2v) is 8.61. The Morgan fingerprint density at radius 3 is 2.44 bits per heavy atom. The minimum absolute atomic E-state index is 0. The zero-order valence-electron chi connectivity index (χ0n) is 19.7. The highest BCUT2D eigenvalue weighted by molar-refractivity contribution is 14.0. The van der Waals surface area contributed by atoms with Gasteiger partial charge < -0.3 is 24.5 Å². The van der Waals surface area contributed by atoms with Crippen LogP contribution in [-0.2, 0) is 16.7 Å². The molecule has 2 aromatic rings. The maximum atomic E-state index is 5.86. The van der Waals surface area contributed by atoms with E-state index in [9.17, 15) is 0 Å². The van der Waals surface area contributed by atoms with Crippen molar-refractivity contribution in [3.8, 4) is 5.75 Å². The molecular weight excluding hydrogens is 521 g/mol. The summed E-state index contributed by atoms with van der Waals surface area (Å²) in [6.45, 7) is 10.8. The zero-order chi connectivity index (χ0) is 22.3. The van der Waals surface area contributed by atoms with Gasteiger partial charge in [-0.05, 0) is 17.7 Å². The van der Waals surface area contributed by atoms with Gasteiger partial charge in [0.2, 0.25) is 5.89 Å². The number of aliphatic imine (C=N–C) groups is 1. The van der Waals surface area contributed by atoms with Crippen LogP contribution in [0.1, 0.15) is 44.0 Å². The number of hydrogen-bond acceptors (Lipinski definition) is 6. The fraction of sp³-hybridized carbons (Fsp3) is 0.565. The molecule has 1 saturated heterocycles. The number of benzene rings is 1. The Morgan fingerprint density at radius 2 is 1.88 bits per heavy atom. The molecule has 0 spiro atoms. The van der Waals surface area contributed by atoms with Crippen LogP contribution in [0.25, 0.3) is 0 Å². The SMILES string of the molecule is CN=C(NCc1ncc(C(C)(C)C)o1)NCC(c1ccc(OC)cc1)N1CCOCC1.I. The van der Waals surface area contributed by atoms with Crippen molar-refractivity contribution in [3.05, 3.63) is 47.7 Å². The molecule has 2 N–H and O–H groups in total. The van der Waals surface area contributed by atoms with Gasteiger partial charge in [0.25, 0.3) is 0 Å². The fourth-order valence-electron chi connectivity index (χ4n) is 3.48. The van der Waals surface area contributed by atoms with Crippen molar-refractivity contribution < 1.29 is 13.9 Å². The van der Waals surface area contributed by atoms with Gasteiger partial charge in [-0.2, -0.15) is 0 Å².